The number of amides is 1. The molecule has 1 aromatic rings. The van der Waals surface area contributed by atoms with Crippen LogP contribution in [0, 0.1) is 17.7 Å². The molecule has 5 heteroatoms. The zero-order chi connectivity index (χ0) is 16.8. The average molecular weight is 333 g/mol. The fourth-order valence-corrected chi connectivity index (χ4v) is 3.93. The van der Waals surface area contributed by atoms with Gasteiger partial charge in [-0.15, -0.1) is 0 Å². The summed E-state index contributed by atoms with van der Waals surface area (Å²) in [6, 6.07) is 7.03. The third-order valence-electron chi connectivity index (χ3n) is 5.34. The van der Waals surface area contributed by atoms with Gasteiger partial charge in [0, 0.05) is 25.6 Å². The minimum atomic E-state index is -0.192. The van der Waals surface area contributed by atoms with Crippen LogP contribution in [0.15, 0.2) is 24.3 Å². The number of halogens is 1. The third kappa shape index (κ3) is 5.02. The zero-order valence-electron chi connectivity index (χ0n) is 14.2. The number of hydrogen-bond acceptors (Lipinski definition) is 3. The van der Waals surface area contributed by atoms with Crippen molar-refractivity contribution in [1.29, 1.82) is 0 Å². The highest BCUT2D eigenvalue weighted by Crippen LogP contribution is 2.29. The number of benzene rings is 1. The number of carbonyl (C=O) groups excluding carboxylic acids is 1. The van der Waals surface area contributed by atoms with Crippen LogP contribution in [0.3, 0.4) is 0 Å². The van der Waals surface area contributed by atoms with Gasteiger partial charge in [0.25, 0.3) is 0 Å². The summed E-state index contributed by atoms with van der Waals surface area (Å²) in [6.45, 7) is 2.01. The number of nitrogens with one attached hydrogen (secondary N) is 3. The van der Waals surface area contributed by atoms with E-state index in [2.05, 4.69) is 16.2 Å². The summed E-state index contributed by atoms with van der Waals surface area (Å²) in [7, 11) is 0. The molecule has 0 unspecified atom stereocenters. The first kappa shape index (κ1) is 17.4. The molecule has 4 nitrogen and oxygen atoms in total. The molecule has 2 atom stereocenters. The monoisotopic (exact) mass is 333 g/mol. The molecule has 1 aliphatic heterocycles. The molecule has 1 saturated heterocycles. The van der Waals surface area contributed by atoms with E-state index in [1.54, 1.807) is 0 Å². The van der Waals surface area contributed by atoms with Gasteiger partial charge in [0.15, 0.2) is 0 Å². The molecule has 0 spiro atoms. The predicted molar refractivity (Wildman–Crippen MR) is 92.7 cm³/mol. The van der Waals surface area contributed by atoms with Crippen molar-refractivity contribution in [3.8, 4) is 0 Å². The highest BCUT2D eigenvalue weighted by molar-refractivity contribution is 5.76. The van der Waals surface area contributed by atoms with E-state index in [0.29, 0.717) is 18.3 Å². The number of carbonyl (C=O) groups is 1. The molecule has 1 aliphatic carbocycles. The van der Waals surface area contributed by atoms with Crippen LogP contribution in [0.4, 0.5) is 4.39 Å². The fourth-order valence-electron chi connectivity index (χ4n) is 3.93. The van der Waals surface area contributed by atoms with Gasteiger partial charge >= 0.3 is 0 Å². The van der Waals surface area contributed by atoms with E-state index in [9.17, 15) is 9.18 Å². The fraction of sp³-hybridized carbons (Fsp3) is 0.632. The highest BCUT2D eigenvalue weighted by atomic mass is 19.1. The van der Waals surface area contributed by atoms with Crippen molar-refractivity contribution in [3.05, 3.63) is 35.6 Å². The van der Waals surface area contributed by atoms with Gasteiger partial charge in [0.05, 0.1) is 0 Å². The summed E-state index contributed by atoms with van der Waals surface area (Å²) >= 11 is 0. The van der Waals surface area contributed by atoms with E-state index in [1.165, 1.54) is 12.1 Å². The van der Waals surface area contributed by atoms with Gasteiger partial charge < -0.3 is 5.32 Å². The number of rotatable bonds is 7. The molecule has 24 heavy (non-hydrogen) atoms. The van der Waals surface area contributed by atoms with Gasteiger partial charge in [-0.2, -0.15) is 0 Å². The molecule has 1 saturated carbocycles. The van der Waals surface area contributed by atoms with Gasteiger partial charge in [-0.3, -0.25) is 15.6 Å². The van der Waals surface area contributed by atoms with Gasteiger partial charge in [-0.1, -0.05) is 18.6 Å². The molecule has 0 radical (unpaired) electrons. The van der Waals surface area contributed by atoms with E-state index in [4.69, 9.17) is 0 Å². The molecule has 3 N–H and O–H groups in total. The van der Waals surface area contributed by atoms with Gasteiger partial charge in [-0.05, 0) is 61.6 Å². The number of hydrogen-bond donors (Lipinski definition) is 3. The number of hydrazine groups is 1. The van der Waals surface area contributed by atoms with E-state index in [1.807, 2.05) is 12.1 Å². The lowest BCUT2D eigenvalue weighted by Gasteiger charge is -2.21. The Morgan fingerprint density at radius 2 is 1.92 bits per heavy atom. The second-order valence-electron chi connectivity index (χ2n) is 7.22. The standard InChI is InChI=1S/C19H28FN3O/c20-17-9-7-14(8-10-17)11-16-4-2-5-18(16)23-19(24)6-1-3-15-12-21-22-13-15/h7-10,15-16,18,21-22H,1-6,11-13H2,(H,23,24)/t16-,18-/m1/s1. The molecule has 1 heterocycles. The van der Waals surface area contributed by atoms with E-state index in [0.717, 1.165) is 57.2 Å². The maximum absolute atomic E-state index is 13.0. The van der Waals surface area contributed by atoms with Crippen molar-refractivity contribution in [2.75, 3.05) is 13.1 Å². The first-order chi connectivity index (χ1) is 11.7. The van der Waals surface area contributed by atoms with Crippen molar-refractivity contribution in [2.45, 2.75) is 51.0 Å². The molecule has 0 aromatic heterocycles. The molecule has 0 bridgehead atoms. The average Bonchev–Trinajstić information content (AvgIpc) is 3.22. The maximum Gasteiger partial charge on any atom is 0.220 e. The van der Waals surface area contributed by atoms with Crippen LogP contribution in [0.2, 0.25) is 0 Å². The van der Waals surface area contributed by atoms with Gasteiger partial charge in [0.1, 0.15) is 5.82 Å². The summed E-state index contributed by atoms with van der Waals surface area (Å²) in [5.41, 5.74) is 7.41. The van der Waals surface area contributed by atoms with Crippen LogP contribution < -0.4 is 16.2 Å². The SMILES string of the molecule is O=C(CCCC1CNNC1)N[C@@H]1CCC[C@@H]1Cc1ccc(F)cc1. The Kier molecular flexibility index (Phi) is 6.21. The first-order valence-corrected chi connectivity index (χ1v) is 9.20. The maximum atomic E-state index is 13.0. The normalized spacial score (nSPS) is 24.4. The minimum absolute atomic E-state index is 0.185. The minimum Gasteiger partial charge on any atom is -0.353 e. The molecule has 1 aromatic carbocycles. The largest absolute Gasteiger partial charge is 0.353 e. The van der Waals surface area contributed by atoms with Gasteiger partial charge in [0.2, 0.25) is 5.91 Å². The topological polar surface area (TPSA) is 53.2 Å². The lowest BCUT2D eigenvalue weighted by atomic mass is 9.94. The van der Waals surface area contributed by atoms with E-state index in [-0.39, 0.29) is 17.8 Å². The Morgan fingerprint density at radius 1 is 1.17 bits per heavy atom. The molecule has 2 aliphatic rings. The summed E-state index contributed by atoms with van der Waals surface area (Å²) in [6.07, 6.45) is 6.96. The van der Waals surface area contributed by atoms with Crippen molar-refractivity contribution >= 4 is 5.91 Å². The molecule has 2 fully saturated rings. The lowest BCUT2D eigenvalue weighted by molar-refractivity contribution is -0.122. The molecule has 132 valence electrons. The third-order valence-corrected chi connectivity index (χ3v) is 5.34. The first-order valence-electron chi connectivity index (χ1n) is 9.20. The van der Waals surface area contributed by atoms with Crippen LogP contribution in [-0.2, 0) is 11.2 Å². The van der Waals surface area contributed by atoms with Crippen molar-refractivity contribution in [1.82, 2.24) is 16.2 Å². The van der Waals surface area contributed by atoms with E-state index < -0.39 is 0 Å². The molecule has 1 amide bonds. The van der Waals surface area contributed by atoms with E-state index >= 15 is 0 Å². The van der Waals surface area contributed by atoms with Crippen LogP contribution >= 0.6 is 0 Å². The summed E-state index contributed by atoms with van der Waals surface area (Å²) in [5.74, 6) is 1.12. The second kappa shape index (κ2) is 8.58. The van der Waals surface area contributed by atoms with Crippen LogP contribution in [0.25, 0.3) is 0 Å². The quantitative estimate of drug-likeness (QED) is 0.719. The smallest absolute Gasteiger partial charge is 0.220 e. The zero-order valence-corrected chi connectivity index (χ0v) is 14.2. The van der Waals surface area contributed by atoms with Gasteiger partial charge in [-0.25, -0.2) is 4.39 Å². The summed E-state index contributed by atoms with van der Waals surface area (Å²) in [5, 5.41) is 3.24. The Labute approximate surface area is 143 Å². The summed E-state index contributed by atoms with van der Waals surface area (Å²) in [4.78, 5) is 12.2. The molecular formula is C19H28FN3O. The Bertz CT molecular complexity index is 528. The van der Waals surface area contributed by atoms with Crippen LogP contribution in [-0.4, -0.2) is 25.0 Å². The Morgan fingerprint density at radius 3 is 2.67 bits per heavy atom. The van der Waals surface area contributed by atoms with Crippen molar-refractivity contribution in [3.63, 3.8) is 0 Å². The summed E-state index contributed by atoms with van der Waals surface area (Å²) < 4.78 is 13.0. The predicted octanol–water partition coefficient (Wildman–Crippen LogP) is 2.55. The Balaban J connectivity index is 1.41. The van der Waals surface area contributed by atoms with Crippen molar-refractivity contribution < 1.29 is 9.18 Å². The Hall–Kier alpha value is -1.46. The molecular weight excluding hydrogens is 305 g/mol. The lowest BCUT2D eigenvalue weighted by Crippen LogP contribution is -2.38. The van der Waals surface area contributed by atoms with Crippen LogP contribution in [0.1, 0.15) is 44.1 Å². The van der Waals surface area contributed by atoms with Crippen molar-refractivity contribution in [2.24, 2.45) is 11.8 Å². The molecule has 3 rings (SSSR count). The second-order valence-corrected chi connectivity index (χ2v) is 7.22. The van der Waals surface area contributed by atoms with Crippen LogP contribution in [0.5, 0.6) is 0 Å². The highest BCUT2D eigenvalue weighted by Gasteiger charge is 2.28.